The van der Waals surface area contributed by atoms with Crippen molar-refractivity contribution in [3.05, 3.63) is 89.5 Å². The first-order valence-electron chi connectivity index (χ1n) is 12.6. The second-order valence-corrected chi connectivity index (χ2v) is 9.50. The molecule has 1 atom stereocenters. The van der Waals surface area contributed by atoms with E-state index in [2.05, 4.69) is 45.9 Å². The quantitative estimate of drug-likeness (QED) is 0.261. The molecule has 4 heterocycles. The molecule has 1 saturated heterocycles. The van der Waals surface area contributed by atoms with E-state index in [-0.39, 0.29) is 12.0 Å². The van der Waals surface area contributed by atoms with Crippen molar-refractivity contribution < 1.29 is 9.13 Å². The molecule has 1 aliphatic heterocycles. The number of imidazole rings is 1. The smallest absolute Gasteiger partial charge is 0.227 e. The number of halogens is 1. The summed E-state index contributed by atoms with van der Waals surface area (Å²) in [4.78, 5) is 17.3. The Morgan fingerprint density at radius 3 is 2.76 bits per heavy atom. The average Bonchev–Trinajstić information content (AvgIpc) is 3.50. The Balaban J connectivity index is 1.44. The highest BCUT2D eigenvalue weighted by molar-refractivity contribution is 5.91. The molecular weight excluding hydrogens is 465 g/mol. The van der Waals surface area contributed by atoms with Crippen LogP contribution in [0.2, 0.25) is 0 Å². The summed E-state index contributed by atoms with van der Waals surface area (Å²) in [5.41, 5.74) is 6.91. The number of benzene rings is 2. The van der Waals surface area contributed by atoms with Gasteiger partial charge in [-0.15, -0.1) is 0 Å². The topological polar surface area (TPSA) is 68.1 Å². The summed E-state index contributed by atoms with van der Waals surface area (Å²) in [5.74, 6) is 0.0625. The van der Waals surface area contributed by atoms with Crippen molar-refractivity contribution in [2.24, 2.45) is 4.99 Å². The lowest BCUT2D eigenvalue weighted by Gasteiger charge is -2.24. The summed E-state index contributed by atoms with van der Waals surface area (Å²) in [6.07, 6.45) is 7.07. The summed E-state index contributed by atoms with van der Waals surface area (Å²) in [6, 6.07) is 18.8. The summed E-state index contributed by atoms with van der Waals surface area (Å²) in [5, 5.41) is 1.16. The lowest BCUT2D eigenvalue weighted by Crippen LogP contribution is -2.17. The minimum absolute atomic E-state index is 0.0764. The van der Waals surface area contributed by atoms with Crippen molar-refractivity contribution in [2.45, 2.75) is 39.3 Å². The second-order valence-electron chi connectivity index (χ2n) is 9.50. The summed E-state index contributed by atoms with van der Waals surface area (Å²) >= 11 is 0. The van der Waals surface area contributed by atoms with Crippen LogP contribution in [-0.4, -0.2) is 32.3 Å². The number of H-pyrrole nitrogens is 1. The van der Waals surface area contributed by atoms with Crippen molar-refractivity contribution in [3.63, 3.8) is 0 Å². The molecule has 2 aromatic carbocycles. The number of rotatable bonds is 5. The Bertz CT molecular complexity index is 1610. The zero-order valence-electron chi connectivity index (χ0n) is 20.9. The van der Waals surface area contributed by atoms with Gasteiger partial charge in [-0.25, -0.2) is 14.4 Å². The molecule has 6 rings (SSSR count). The number of nitrogens with zero attached hydrogens (tertiary/aromatic N) is 4. The average molecular weight is 494 g/mol. The van der Waals surface area contributed by atoms with Crippen LogP contribution < -0.4 is 0 Å². The Morgan fingerprint density at radius 2 is 1.95 bits per heavy atom. The number of ether oxygens (including phenoxy) is 1. The fourth-order valence-corrected chi connectivity index (χ4v) is 4.96. The Hall–Kier alpha value is -4.10. The van der Waals surface area contributed by atoms with Crippen LogP contribution in [0, 0.1) is 19.7 Å². The molecule has 0 saturated carbocycles. The number of aromatic nitrogens is 4. The van der Waals surface area contributed by atoms with Crippen LogP contribution in [0.25, 0.3) is 33.5 Å². The zero-order chi connectivity index (χ0) is 25.4. The van der Waals surface area contributed by atoms with Crippen molar-refractivity contribution in [2.75, 3.05) is 6.61 Å². The summed E-state index contributed by atoms with van der Waals surface area (Å²) < 4.78 is 22.4. The molecule has 7 heteroatoms. The van der Waals surface area contributed by atoms with E-state index in [1.165, 1.54) is 24.3 Å². The largest absolute Gasteiger partial charge is 0.358 e. The predicted molar refractivity (Wildman–Crippen MR) is 145 cm³/mol. The Morgan fingerprint density at radius 1 is 1.05 bits per heavy atom. The van der Waals surface area contributed by atoms with Crippen LogP contribution in [0.5, 0.6) is 0 Å². The van der Waals surface area contributed by atoms with Gasteiger partial charge in [0.15, 0.2) is 0 Å². The SMILES string of the molecule is Cc1cccc(-c2[nH]c(/N=C/c3ccccc3F)nc2-c2ccc3c(c2)c(C)cn3C2CCCCO2)n1. The minimum atomic E-state index is -0.328. The second kappa shape index (κ2) is 9.75. The van der Waals surface area contributed by atoms with Crippen molar-refractivity contribution in [3.8, 4) is 22.6 Å². The van der Waals surface area contributed by atoms with Gasteiger partial charge in [0.05, 0.1) is 16.9 Å². The van der Waals surface area contributed by atoms with E-state index < -0.39 is 0 Å². The standard InChI is InChI=1S/C30H28FN5O/c1-19-18-36(27-12-5-6-15-37-27)26-14-13-21(16-23(19)26)28-29(25-11-7-8-20(2)33-25)35-30(34-28)32-17-22-9-3-4-10-24(22)31/h3-4,7-11,13-14,16-18,27H,5-6,12,15H2,1-2H3,(H,34,35)/b32-17+. The zero-order valence-corrected chi connectivity index (χ0v) is 20.9. The van der Waals surface area contributed by atoms with E-state index in [4.69, 9.17) is 14.7 Å². The number of aryl methyl sites for hydroxylation is 2. The molecule has 186 valence electrons. The maximum Gasteiger partial charge on any atom is 0.227 e. The highest BCUT2D eigenvalue weighted by atomic mass is 19.1. The third-order valence-corrected chi connectivity index (χ3v) is 6.84. The highest BCUT2D eigenvalue weighted by Crippen LogP contribution is 2.36. The van der Waals surface area contributed by atoms with E-state index in [9.17, 15) is 4.39 Å². The predicted octanol–water partition coefficient (Wildman–Crippen LogP) is 7.30. The van der Waals surface area contributed by atoms with E-state index in [0.717, 1.165) is 58.7 Å². The normalized spacial score (nSPS) is 16.1. The van der Waals surface area contributed by atoms with E-state index in [1.54, 1.807) is 18.2 Å². The monoisotopic (exact) mass is 493 g/mol. The third kappa shape index (κ3) is 4.58. The van der Waals surface area contributed by atoms with Gasteiger partial charge in [0, 0.05) is 41.2 Å². The Labute approximate surface area is 214 Å². The highest BCUT2D eigenvalue weighted by Gasteiger charge is 2.20. The lowest BCUT2D eigenvalue weighted by atomic mass is 10.0. The van der Waals surface area contributed by atoms with E-state index >= 15 is 0 Å². The Kier molecular flexibility index (Phi) is 6.14. The molecule has 0 bridgehead atoms. The number of hydrogen-bond acceptors (Lipinski definition) is 4. The third-order valence-electron chi connectivity index (χ3n) is 6.84. The number of pyridine rings is 1. The molecule has 1 N–H and O–H groups in total. The summed E-state index contributed by atoms with van der Waals surface area (Å²) in [6.45, 7) is 4.89. The van der Waals surface area contributed by atoms with Crippen LogP contribution in [0.15, 0.2) is 71.9 Å². The number of aromatic amines is 1. The van der Waals surface area contributed by atoms with Crippen LogP contribution in [0.3, 0.4) is 0 Å². The molecule has 6 nitrogen and oxygen atoms in total. The fourth-order valence-electron chi connectivity index (χ4n) is 4.96. The molecule has 0 spiro atoms. The first-order valence-corrected chi connectivity index (χ1v) is 12.6. The van der Waals surface area contributed by atoms with Crippen LogP contribution in [0.1, 0.15) is 42.3 Å². The van der Waals surface area contributed by atoms with Crippen molar-refractivity contribution >= 4 is 23.1 Å². The van der Waals surface area contributed by atoms with Crippen LogP contribution in [0.4, 0.5) is 10.3 Å². The van der Waals surface area contributed by atoms with E-state index in [0.29, 0.717) is 11.5 Å². The van der Waals surface area contributed by atoms with Gasteiger partial charge in [0.1, 0.15) is 17.7 Å². The van der Waals surface area contributed by atoms with Crippen molar-refractivity contribution in [1.29, 1.82) is 0 Å². The molecule has 0 radical (unpaired) electrons. The van der Waals surface area contributed by atoms with Gasteiger partial charge >= 0.3 is 0 Å². The van der Waals surface area contributed by atoms with Gasteiger partial charge in [-0.1, -0.05) is 30.3 Å². The first kappa shape index (κ1) is 23.3. The van der Waals surface area contributed by atoms with Crippen LogP contribution in [-0.2, 0) is 4.74 Å². The van der Waals surface area contributed by atoms with Gasteiger partial charge < -0.3 is 14.3 Å². The molecule has 0 amide bonds. The number of aliphatic imine (C=N–C) groups is 1. The van der Waals surface area contributed by atoms with Crippen molar-refractivity contribution in [1.82, 2.24) is 19.5 Å². The number of hydrogen-bond donors (Lipinski definition) is 1. The number of nitrogens with one attached hydrogen (secondary N) is 1. The fraction of sp³-hybridized carbons (Fsp3) is 0.233. The van der Waals surface area contributed by atoms with Gasteiger partial charge in [-0.2, -0.15) is 0 Å². The maximum atomic E-state index is 14.1. The molecule has 1 unspecified atom stereocenters. The van der Waals surface area contributed by atoms with Gasteiger partial charge in [-0.3, -0.25) is 4.98 Å². The first-order chi connectivity index (χ1) is 18.1. The number of fused-ring (bicyclic) bond motifs is 1. The molecular formula is C30H28FN5O. The van der Waals surface area contributed by atoms with Gasteiger partial charge in [-0.05, 0) is 69.0 Å². The van der Waals surface area contributed by atoms with Crippen LogP contribution >= 0.6 is 0 Å². The molecule has 1 aliphatic rings. The molecule has 1 fully saturated rings. The minimum Gasteiger partial charge on any atom is -0.358 e. The molecule has 5 aromatic rings. The van der Waals surface area contributed by atoms with Gasteiger partial charge in [0.2, 0.25) is 5.95 Å². The lowest BCUT2D eigenvalue weighted by molar-refractivity contribution is -0.0292. The molecule has 3 aromatic heterocycles. The summed E-state index contributed by atoms with van der Waals surface area (Å²) in [7, 11) is 0. The maximum absolute atomic E-state index is 14.1. The van der Waals surface area contributed by atoms with E-state index in [1.807, 2.05) is 25.1 Å². The molecule has 37 heavy (non-hydrogen) atoms. The molecule has 0 aliphatic carbocycles. The van der Waals surface area contributed by atoms with Gasteiger partial charge in [0.25, 0.3) is 0 Å².